The third-order valence-corrected chi connectivity index (χ3v) is 8.27. The van der Waals surface area contributed by atoms with Gasteiger partial charge in [0.2, 0.25) is 5.91 Å². The summed E-state index contributed by atoms with van der Waals surface area (Å²) in [5.41, 5.74) is 1.27. The summed E-state index contributed by atoms with van der Waals surface area (Å²) >= 11 is 1.20. The maximum atomic E-state index is 12.4. The molecule has 2 heterocycles. The first-order chi connectivity index (χ1) is 14.4. The van der Waals surface area contributed by atoms with Crippen LogP contribution < -0.4 is 5.32 Å². The smallest absolute Gasteiger partial charge is 0.252 e. The van der Waals surface area contributed by atoms with Gasteiger partial charge in [-0.25, -0.2) is 12.7 Å². The lowest BCUT2D eigenvalue weighted by molar-refractivity contribution is -0.122. The third kappa shape index (κ3) is 6.61. The zero-order valence-electron chi connectivity index (χ0n) is 17.2. The Kier molecular flexibility index (Phi) is 8.41. The van der Waals surface area contributed by atoms with Crippen molar-refractivity contribution in [2.75, 3.05) is 39.8 Å². The third-order valence-electron chi connectivity index (χ3n) is 5.04. The zero-order chi connectivity index (χ0) is 21.4. The van der Waals surface area contributed by atoms with E-state index in [4.69, 9.17) is 4.74 Å². The molecule has 1 aromatic carbocycles. The first-order valence-electron chi connectivity index (χ1n) is 10.1. The van der Waals surface area contributed by atoms with Crippen molar-refractivity contribution in [1.82, 2.24) is 14.5 Å². The predicted octanol–water partition coefficient (Wildman–Crippen LogP) is 2.17. The fraction of sp³-hybridized carbons (Fsp3) is 0.476. The Bertz CT molecular complexity index is 888. The highest BCUT2D eigenvalue weighted by molar-refractivity contribution is 7.91. The number of ether oxygens (including phenoxy) is 1. The molecule has 0 saturated carbocycles. The van der Waals surface area contributed by atoms with Gasteiger partial charge >= 0.3 is 0 Å². The molecule has 1 amide bonds. The number of nitrogens with one attached hydrogen (secondary N) is 1. The Morgan fingerprint density at radius 2 is 2.07 bits per heavy atom. The van der Waals surface area contributed by atoms with E-state index in [2.05, 4.69) is 22.3 Å². The van der Waals surface area contributed by atoms with Crippen LogP contribution in [-0.4, -0.2) is 69.5 Å². The Labute approximate surface area is 182 Å². The fourth-order valence-electron chi connectivity index (χ4n) is 3.35. The largest absolute Gasteiger partial charge is 0.374 e. The molecule has 7 nitrogen and oxygen atoms in total. The molecule has 1 fully saturated rings. The average molecular weight is 452 g/mol. The van der Waals surface area contributed by atoms with Gasteiger partial charge in [-0.1, -0.05) is 36.4 Å². The van der Waals surface area contributed by atoms with E-state index in [1.165, 1.54) is 21.2 Å². The first kappa shape index (κ1) is 22.9. The number of carbonyl (C=O) groups is 1. The lowest BCUT2D eigenvalue weighted by atomic mass is 10.2. The molecule has 9 heteroatoms. The molecule has 2 aromatic rings. The number of amides is 1. The lowest BCUT2D eigenvalue weighted by Crippen LogP contribution is -2.47. The highest BCUT2D eigenvalue weighted by Crippen LogP contribution is 2.20. The molecule has 0 spiro atoms. The number of carbonyl (C=O) groups excluding carboxylic acids is 1. The Morgan fingerprint density at radius 3 is 2.80 bits per heavy atom. The maximum absolute atomic E-state index is 12.4. The summed E-state index contributed by atoms with van der Waals surface area (Å²) in [6, 6.07) is 13.6. The van der Waals surface area contributed by atoms with E-state index in [0.29, 0.717) is 30.3 Å². The second-order valence-corrected chi connectivity index (χ2v) is 10.6. The molecule has 0 aliphatic carbocycles. The number of hydrogen-bond acceptors (Lipinski definition) is 6. The molecular weight excluding hydrogens is 422 g/mol. The number of thiophene rings is 1. The molecule has 3 rings (SSSR count). The van der Waals surface area contributed by atoms with Gasteiger partial charge in [0.25, 0.3) is 10.0 Å². The standard InChI is InChI=1S/C21H29N3O4S2/c1-23(30(26,27)21-10-6-14-29-21)11-5-9-20(25)22-15-19-17-24(12-13-28-19)16-18-7-3-2-4-8-18/h2-4,6-8,10,14,19H,5,9,11-13,15-17H2,1H3,(H,22,25). The van der Waals surface area contributed by atoms with Crippen LogP contribution in [0.1, 0.15) is 18.4 Å². The summed E-state index contributed by atoms with van der Waals surface area (Å²) in [5.74, 6) is -0.0827. The number of morpholine rings is 1. The first-order valence-corrected chi connectivity index (χ1v) is 12.4. The molecule has 0 bridgehead atoms. The van der Waals surface area contributed by atoms with E-state index >= 15 is 0 Å². The predicted molar refractivity (Wildman–Crippen MR) is 118 cm³/mol. The van der Waals surface area contributed by atoms with Crippen LogP contribution in [0.5, 0.6) is 0 Å². The monoisotopic (exact) mass is 451 g/mol. The molecule has 1 aliphatic rings. The second kappa shape index (κ2) is 11.0. The van der Waals surface area contributed by atoms with Crippen LogP contribution in [0, 0.1) is 0 Å². The SMILES string of the molecule is CN(CCCC(=O)NCC1CN(Cc2ccccc2)CCO1)S(=O)(=O)c1cccs1. The van der Waals surface area contributed by atoms with Gasteiger partial charge in [0.15, 0.2) is 0 Å². The van der Waals surface area contributed by atoms with E-state index in [-0.39, 0.29) is 18.4 Å². The number of rotatable bonds is 10. The minimum absolute atomic E-state index is 0.0340. The Balaban J connectivity index is 1.35. The minimum atomic E-state index is -3.46. The number of hydrogen-bond donors (Lipinski definition) is 1. The lowest BCUT2D eigenvalue weighted by Gasteiger charge is -2.33. The van der Waals surface area contributed by atoms with Crippen molar-refractivity contribution in [3.8, 4) is 0 Å². The Morgan fingerprint density at radius 1 is 1.27 bits per heavy atom. The summed E-state index contributed by atoms with van der Waals surface area (Å²) in [4.78, 5) is 14.5. The van der Waals surface area contributed by atoms with Crippen molar-refractivity contribution in [3.63, 3.8) is 0 Å². The van der Waals surface area contributed by atoms with E-state index in [9.17, 15) is 13.2 Å². The van der Waals surface area contributed by atoms with Gasteiger partial charge in [0.1, 0.15) is 4.21 Å². The Hall–Kier alpha value is -1.78. The molecule has 1 aromatic heterocycles. The number of benzene rings is 1. The van der Waals surface area contributed by atoms with E-state index in [1.807, 2.05) is 18.2 Å². The van der Waals surface area contributed by atoms with Crippen LogP contribution in [0.25, 0.3) is 0 Å². The molecule has 0 radical (unpaired) electrons. The van der Waals surface area contributed by atoms with Gasteiger partial charge in [-0.15, -0.1) is 11.3 Å². The number of sulfonamides is 1. The van der Waals surface area contributed by atoms with Gasteiger partial charge in [-0.05, 0) is 23.4 Å². The minimum Gasteiger partial charge on any atom is -0.374 e. The highest BCUT2D eigenvalue weighted by Gasteiger charge is 2.23. The molecule has 1 atom stereocenters. The fourth-order valence-corrected chi connectivity index (χ4v) is 5.76. The van der Waals surface area contributed by atoms with E-state index in [0.717, 1.165) is 19.6 Å². The van der Waals surface area contributed by atoms with Gasteiger partial charge in [0, 0.05) is 46.2 Å². The normalized spacial score (nSPS) is 17.9. The van der Waals surface area contributed by atoms with Crippen LogP contribution in [0.4, 0.5) is 0 Å². The summed E-state index contributed by atoms with van der Waals surface area (Å²) in [6.45, 7) is 3.95. The quantitative estimate of drug-likeness (QED) is 0.599. The summed E-state index contributed by atoms with van der Waals surface area (Å²) < 4.78 is 32.2. The molecule has 1 saturated heterocycles. The van der Waals surface area contributed by atoms with E-state index < -0.39 is 10.0 Å². The van der Waals surface area contributed by atoms with E-state index in [1.54, 1.807) is 24.6 Å². The average Bonchev–Trinajstić information content (AvgIpc) is 3.29. The van der Waals surface area contributed by atoms with Crippen molar-refractivity contribution in [1.29, 1.82) is 0 Å². The van der Waals surface area contributed by atoms with Gasteiger partial charge in [-0.2, -0.15) is 0 Å². The van der Waals surface area contributed by atoms with Crippen molar-refractivity contribution in [2.45, 2.75) is 29.7 Å². The van der Waals surface area contributed by atoms with Crippen LogP contribution in [-0.2, 0) is 26.1 Å². The number of nitrogens with zero attached hydrogens (tertiary/aromatic N) is 2. The van der Waals surface area contributed by atoms with Crippen LogP contribution in [0.2, 0.25) is 0 Å². The van der Waals surface area contributed by atoms with Gasteiger partial charge < -0.3 is 10.1 Å². The molecule has 1 unspecified atom stereocenters. The maximum Gasteiger partial charge on any atom is 0.252 e. The summed E-state index contributed by atoms with van der Waals surface area (Å²) in [6.07, 6.45) is 0.719. The molecule has 30 heavy (non-hydrogen) atoms. The molecule has 1 aliphatic heterocycles. The van der Waals surface area contributed by atoms with Gasteiger partial charge in [-0.3, -0.25) is 9.69 Å². The van der Waals surface area contributed by atoms with Crippen LogP contribution in [0.15, 0.2) is 52.1 Å². The molecular formula is C21H29N3O4S2. The van der Waals surface area contributed by atoms with Crippen molar-refractivity contribution < 1.29 is 17.9 Å². The molecule has 1 N–H and O–H groups in total. The van der Waals surface area contributed by atoms with Crippen molar-refractivity contribution >= 4 is 27.3 Å². The second-order valence-electron chi connectivity index (χ2n) is 7.38. The topological polar surface area (TPSA) is 79.0 Å². The summed E-state index contributed by atoms with van der Waals surface area (Å²) in [5, 5.41) is 4.66. The molecule has 164 valence electrons. The van der Waals surface area contributed by atoms with Gasteiger partial charge in [0.05, 0.1) is 12.7 Å². The van der Waals surface area contributed by atoms with Crippen LogP contribution in [0.3, 0.4) is 0 Å². The highest BCUT2D eigenvalue weighted by atomic mass is 32.2. The summed E-state index contributed by atoms with van der Waals surface area (Å²) in [7, 11) is -1.91. The zero-order valence-corrected chi connectivity index (χ0v) is 18.8. The van der Waals surface area contributed by atoms with Crippen molar-refractivity contribution in [3.05, 3.63) is 53.4 Å². The van der Waals surface area contributed by atoms with Crippen LogP contribution >= 0.6 is 11.3 Å². The van der Waals surface area contributed by atoms with Crippen molar-refractivity contribution in [2.24, 2.45) is 0 Å².